The number of nitrogens with zero attached hydrogens (tertiary/aromatic N) is 3. The molecule has 4 nitrogen and oxygen atoms in total. The number of anilines is 5. The van der Waals surface area contributed by atoms with E-state index >= 15 is 0 Å². The molecule has 7 rings (SSSR count). The second-order valence-electron chi connectivity index (χ2n) is 10.6. The fraction of sp³-hybridized carbons (Fsp3) is 0.0256. The summed E-state index contributed by atoms with van der Waals surface area (Å²) in [5.74, 6) is 0. The van der Waals surface area contributed by atoms with Gasteiger partial charge in [-0.25, -0.2) is 0 Å². The van der Waals surface area contributed by atoms with Crippen LogP contribution in [0.5, 0.6) is 0 Å². The predicted molar refractivity (Wildman–Crippen MR) is 182 cm³/mol. The van der Waals surface area contributed by atoms with Gasteiger partial charge in [0.25, 0.3) is 0 Å². The maximum Gasteiger partial charge on any atom is 0.110 e. The van der Waals surface area contributed by atoms with Crippen LogP contribution < -0.4 is 9.80 Å². The molecule has 0 aromatic heterocycles. The smallest absolute Gasteiger partial charge is 0.110 e. The van der Waals surface area contributed by atoms with Crippen LogP contribution in [-0.2, 0) is 0 Å². The molecule has 0 N–H and O–H groups in total. The summed E-state index contributed by atoms with van der Waals surface area (Å²) in [4.78, 5) is 15.4. The SMILES string of the molecule is CN(c1ccc(-c2ccc(N(c3cccc4ccccc34)c3cccc4ccccc34)cc2)cc1)c1cccc(N=O)c1. The third kappa shape index (κ3) is 5.00. The number of benzene rings is 7. The molecule has 0 aliphatic carbocycles. The number of nitroso groups, excluding NO2 is 1. The summed E-state index contributed by atoms with van der Waals surface area (Å²) in [6, 6.07) is 54.7. The zero-order chi connectivity index (χ0) is 29.2. The average molecular weight is 556 g/mol. The third-order valence-electron chi connectivity index (χ3n) is 8.05. The molecular formula is C39H29N3O. The normalized spacial score (nSPS) is 11.0. The first-order chi connectivity index (χ1) is 21.2. The highest BCUT2D eigenvalue weighted by Crippen LogP contribution is 2.42. The van der Waals surface area contributed by atoms with Gasteiger partial charge >= 0.3 is 0 Å². The molecule has 0 unspecified atom stereocenters. The van der Waals surface area contributed by atoms with Crippen molar-refractivity contribution in [3.05, 3.63) is 163 Å². The molecule has 0 fully saturated rings. The molecule has 0 bridgehead atoms. The summed E-state index contributed by atoms with van der Waals surface area (Å²) in [6.07, 6.45) is 0. The van der Waals surface area contributed by atoms with E-state index in [0.717, 1.165) is 39.6 Å². The molecule has 0 aliphatic rings. The van der Waals surface area contributed by atoms with Crippen molar-refractivity contribution >= 4 is 55.7 Å². The summed E-state index contributed by atoms with van der Waals surface area (Å²) >= 11 is 0. The van der Waals surface area contributed by atoms with E-state index in [-0.39, 0.29) is 0 Å². The van der Waals surface area contributed by atoms with Crippen molar-refractivity contribution in [3.63, 3.8) is 0 Å². The molecule has 0 heterocycles. The number of hydrogen-bond acceptors (Lipinski definition) is 4. The quantitative estimate of drug-likeness (QED) is 0.184. The van der Waals surface area contributed by atoms with Crippen molar-refractivity contribution in [2.75, 3.05) is 16.8 Å². The standard InChI is InChI=1S/C39H29N3O/c1-41(35-14-8-13-32(27-35)40-43)33-23-19-28(20-24-33)29-21-25-34(26-22-29)42(38-17-6-11-30-9-2-4-15-36(30)38)39-18-7-12-31-10-3-5-16-37(31)39/h2-27H,1H3. The van der Waals surface area contributed by atoms with Gasteiger partial charge in [-0.15, -0.1) is 4.91 Å². The summed E-state index contributed by atoms with van der Waals surface area (Å²) in [6.45, 7) is 0. The molecule has 0 aliphatic heterocycles. The first kappa shape index (κ1) is 26.2. The van der Waals surface area contributed by atoms with Gasteiger partial charge in [0.05, 0.1) is 11.4 Å². The largest absolute Gasteiger partial charge is 0.345 e. The van der Waals surface area contributed by atoms with Gasteiger partial charge < -0.3 is 9.80 Å². The predicted octanol–water partition coefficient (Wildman–Crippen LogP) is 11.3. The molecule has 0 atom stereocenters. The van der Waals surface area contributed by atoms with E-state index < -0.39 is 0 Å². The summed E-state index contributed by atoms with van der Waals surface area (Å²) in [7, 11) is 1.99. The molecule has 4 heteroatoms. The lowest BCUT2D eigenvalue weighted by Gasteiger charge is -2.28. The molecule has 0 saturated heterocycles. The lowest BCUT2D eigenvalue weighted by atomic mass is 10.0. The fourth-order valence-electron chi connectivity index (χ4n) is 5.80. The Kier molecular flexibility index (Phi) is 6.86. The Morgan fingerprint density at radius 2 is 0.953 bits per heavy atom. The lowest BCUT2D eigenvalue weighted by Crippen LogP contribution is -2.11. The zero-order valence-electron chi connectivity index (χ0n) is 23.8. The van der Waals surface area contributed by atoms with Crippen LogP contribution in [0.25, 0.3) is 32.7 Å². The summed E-state index contributed by atoms with van der Waals surface area (Å²) in [5.41, 5.74) is 8.01. The minimum atomic E-state index is 0.419. The number of hydrogen-bond donors (Lipinski definition) is 0. The molecule has 206 valence electrons. The van der Waals surface area contributed by atoms with E-state index in [1.807, 2.05) is 24.1 Å². The second-order valence-corrected chi connectivity index (χ2v) is 10.6. The average Bonchev–Trinajstić information content (AvgIpc) is 3.09. The molecule has 0 spiro atoms. The third-order valence-corrected chi connectivity index (χ3v) is 8.05. The fourth-order valence-corrected chi connectivity index (χ4v) is 5.80. The van der Waals surface area contributed by atoms with Crippen molar-refractivity contribution in [2.24, 2.45) is 5.18 Å². The Balaban J connectivity index is 1.27. The minimum Gasteiger partial charge on any atom is -0.345 e. The Morgan fingerprint density at radius 3 is 1.51 bits per heavy atom. The van der Waals surface area contributed by atoms with Gasteiger partial charge in [0.15, 0.2) is 0 Å². The molecule has 0 amide bonds. The van der Waals surface area contributed by atoms with Crippen LogP contribution in [0.4, 0.5) is 34.1 Å². The van der Waals surface area contributed by atoms with E-state index in [2.05, 4.69) is 144 Å². The molecule has 0 saturated carbocycles. The monoisotopic (exact) mass is 555 g/mol. The zero-order valence-corrected chi connectivity index (χ0v) is 23.8. The van der Waals surface area contributed by atoms with E-state index in [9.17, 15) is 4.91 Å². The highest BCUT2D eigenvalue weighted by atomic mass is 16.3. The van der Waals surface area contributed by atoms with Crippen molar-refractivity contribution in [3.8, 4) is 11.1 Å². The number of rotatable bonds is 7. The van der Waals surface area contributed by atoms with Gasteiger partial charge in [-0.2, -0.15) is 0 Å². The van der Waals surface area contributed by atoms with Gasteiger partial charge in [0.1, 0.15) is 5.69 Å². The minimum absolute atomic E-state index is 0.419. The van der Waals surface area contributed by atoms with Crippen molar-refractivity contribution in [1.29, 1.82) is 0 Å². The highest BCUT2D eigenvalue weighted by molar-refractivity contribution is 6.04. The lowest BCUT2D eigenvalue weighted by molar-refractivity contribution is 1.21. The molecule has 7 aromatic rings. The van der Waals surface area contributed by atoms with Gasteiger partial charge in [0, 0.05) is 34.9 Å². The van der Waals surface area contributed by atoms with Crippen LogP contribution >= 0.6 is 0 Å². The highest BCUT2D eigenvalue weighted by Gasteiger charge is 2.17. The van der Waals surface area contributed by atoms with Crippen LogP contribution in [0.15, 0.2) is 163 Å². The Hall–Kier alpha value is -5.74. The molecular weight excluding hydrogens is 526 g/mol. The van der Waals surface area contributed by atoms with Crippen molar-refractivity contribution in [2.45, 2.75) is 0 Å². The van der Waals surface area contributed by atoms with E-state index in [4.69, 9.17) is 0 Å². The maximum absolute atomic E-state index is 11.0. The van der Waals surface area contributed by atoms with Crippen molar-refractivity contribution < 1.29 is 0 Å². The molecule has 43 heavy (non-hydrogen) atoms. The Labute approximate surface area is 251 Å². The van der Waals surface area contributed by atoms with Crippen LogP contribution in [0, 0.1) is 4.91 Å². The topological polar surface area (TPSA) is 35.9 Å². The summed E-state index contributed by atoms with van der Waals surface area (Å²) in [5, 5.41) is 7.90. The van der Waals surface area contributed by atoms with E-state index in [1.165, 1.54) is 21.5 Å². The van der Waals surface area contributed by atoms with Gasteiger partial charge in [-0.3, -0.25) is 0 Å². The van der Waals surface area contributed by atoms with E-state index in [0.29, 0.717) is 5.69 Å². The van der Waals surface area contributed by atoms with Gasteiger partial charge in [0.2, 0.25) is 0 Å². The van der Waals surface area contributed by atoms with Gasteiger partial charge in [-0.1, -0.05) is 103 Å². The second kappa shape index (κ2) is 11.3. The maximum atomic E-state index is 11.0. The first-order valence-corrected chi connectivity index (χ1v) is 14.3. The first-order valence-electron chi connectivity index (χ1n) is 14.3. The number of fused-ring (bicyclic) bond motifs is 2. The van der Waals surface area contributed by atoms with Crippen LogP contribution in [-0.4, -0.2) is 7.05 Å². The van der Waals surface area contributed by atoms with Crippen LogP contribution in [0.2, 0.25) is 0 Å². The summed E-state index contributed by atoms with van der Waals surface area (Å²) < 4.78 is 0. The molecule has 0 radical (unpaired) electrons. The van der Waals surface area contributed by atoms with Gasteiger partial charge in [-0.05, 0) is 81.7 Å². The molecule has 7 aromatic carbocycles. The Morgan fingerprint density at radius 1 is 0.465 bits per heavy atom. The van der Waals surface area contributed by atoms with Crippen LogP contribution in [0.3, 0.4) is 0 Å². The van der Waals surface area contributed by atoms with Crippen molar-refractivity contribution in [1.82, 2.24) is 0 Å². The Bertz CT molecular complexity index is 1980. The van der Waals surface area contributed by atoms with E-state index in [1.54, 1.807) is 12.1 Å². The van der Waals surface area contributed by atoms with Crippen LogP contribution in [0.1, 0.15) is 0 Å².